The van der Waals surface area contributed by atoms with Gasteiger partial charge in [0.2, 0.25) is 0 Å². The van der Waals surface area contributed by atoms with Gasteiger partial charge in [-0.15, -0.1) is 47.1 Å². The highest BCUT2D eigenvalue weighted by Gasteiger charge is 2.06. The average molecular weight is 494 g/mol. The van der Waals surface area contributed by atoms with Gasteiger partial charge < -0.3 is 10.6 Å². The van der Waals surface area contributed by atoms with Gasteiger partial charge in [-0.05, 0) is 18.1 Å². The van der Waals surface area contributed by atoms with E-state index in [1.165, 1.54) is 17.8 Å². The molecule has 0 saturated carbocycles. The van der Waals surface area contributed by atoms with Crippen LogP contribution in [0.3, 0.4) is 0 Å². The highest BCUT2D eigenvalue weighted by atomic mass is 127. The lowest BCUT2D eigenvalue weighted by Crippen LogP contribution is -2.37. The van der Waals surface area contributed by atoms with E-state index >= 15 is 0 Å². The van der Waals surface area contributed by atoms with Crippen LogP contribution in [0.25, 0.3) is 0 Å². The molecule has 1 aromatic heterocycles. The van der Waals surface area contributed by atoms with Crippen molar-refractivity contribution in [3.8, 4) is 0 Å². The van der Waals surface area contributed by atoms with Crippen LogP contribution in [0.5, 0.6) is 0 Å². The molecule has 2 aromatic rings. The predicted molar refractivity (Wildman–Crippen MR) is 117 cm³/mol. The number of nitrogens with zero attached hydrogens (tertiary/aromatic N) is 2. The zero-order chi connectivity index (χ0) is 17.4. The van der Waals surface area contributed by atoms with Crippen LogP contribution in [-0.2, 0) is 6.54 Å². The lowest BCUT2D eigenvalue weighted by molar-refractivity contribution is 0.602. The Hall–Kier alpha value is -0.870. The summed E-state index contributed by atoms with van der Waals surface area (Å²) in [5, 5.41) is 9.63. The van der Waals surface area contributed by atoms with Gasteiger partial charge in [0, 0.05) is 29.6 Å². The maximum absolute atomic E-state index is 13.5. The first kappa shape index (κ1) is 22.2. The van der Waals surface area contributed by atoms with E-state index in [2.05, 4.69) is 39.8 Å². The number of hydrogen-bond donors (Lipinski definition) is 2. The fraction of sp³-hybridized carbons (Fsp3) is 0.412. The lowest BCUT2D eigenvalue weighted by Gasteiger charge is -2.11. The number of thiazole rings is 1. The molecule has 1 heterocycles. The van der Waals surface area contributed by atoms with E-state index in [1.807, 2.05) is 6.07 Å². The van der Waals surface area contributed by atoms with Crippen molar-refractivity contribution in [3.63, 3.8) is 0 Å². The van der Waals surface area contributed by atoms with Gasteiger partial charge in [-0.2, -0.15) is 0 Å². The summed E-state index contributed by atoms with van der Waals surface area (Å²) in [7, 11) is 1.74. The first-order valence-corrected chi connectivity index (χ1v) is 9.72. The Morgan fingerprint density at radius 1 is 1.32 bits per heavy atom. The SMILES string of the molecule is CN=C(NCCSc1ccccc1F)NCc1nc(C(C)C)cs1.I. The maximum Gasteiger partial charge on any atom is 0.191 e. The molecule has 0 spiro atoms. The summed E-state index contributed by atoms with van der Waals surface area (Å²) in [5.74, 6) is 1.76. The first-order chi connectivity index (χ1) is 11.6. The third kappa shape index (κ3) is 7.49. The summed E-state index contributed by atoms with van der Waals surface area (Å²) in [6, 6.07) is 6.82. The molecule has 25 heavy (non-hydrogen) atoms. The molecule has 0 aliphatic heterocycles. The standard InChI is InChI=1S/C17H23FN4S2.HI/c1-12(2)14-11-24-16(22-14)10-21-17(19-3)20-8-9-23-15-7-5-4-6-13(15)18;/h4-7,11-12H,8-10H2,1-3H3,(H2,19,20,21);1H. The molecule has 0 radical (unpaired) electrons. The Morgan fingerprint density at radius 2 is 2.08 bits per heavy atom. The largest absolute Gasteiger partial charge is 0.356 e. The van der Waals surface area contributed by atoms with Crippen molar-refractivity contribution in [1.29, 1.82) is 0 Å². The second kappa shape index (κ2) is 11.7. The van der Waals surface area contributed by atoms with Crippen LogP contribution in [-0.4, -0.2) is 30.3 Å². The maximum atomic E-state index is 13.5. The molecule has 0 aliphatic carbocycles. The molecule has 8 heteroatoms. The highest BCUT2D eigenvalue weighted by molar-refractivity contribution is 14.0. The number of guanidine groups is 1. The third-order valence-corrected chi connectivity index (χ3v) is 5.20. The average Bonchev–Trinajstić information content (AvgIpc) is 3.05. The molecule has 0 unspecified atom stereocenters. The first-order valence-electron chi connectivity index (χ1n) is 7.86. The number of halogens is 2. The predicted octanol–water partition coefficient (Wildman–Crippen LogP) is 4.48. The summed E-state index contributed by atoms with van der Waals surface area (Å²) in [6.07, 6.45) is 0. The Balaban J connectivity index is 0.00000312. The van der Waals surface area contributed by atoms with Crippen molar-refractivity contribution >= 4 is 53.0 Å². The molecule has 2 rings (SSSR count). The van der Waals surface area contributed by atoms with Gasteiger partial charge in [-0.1, -0.05) is 26.0 Å². The van der Waals surface area contributed by atoms with E-state index in [4.69, 9.17) is 0 Å². The van der Waals surface area contributed by atoms with E-state index in [-0.39, 0.29) is 29.8 Å². The van der Waals surface area contributed by atoms with Crippen LogP contribution in [0.4, 0.5) is 4.39 Å². The molecule has 2 N–H and O–H groups in total. The van der Waals surface area contributed by atoms with E-state index in [1.54, 1.807) is 30.5 Å². The van der Waals surface area contributed by atoms with Crippen LogP contribution in [0, 0.1) is 5.82 Å². The summed E-state index contributed by atoms with van der Waals surface area (Å²) in [4.78, 5) is 9.46. The second-order valence-electron chi connectivity index (χ2n) is 5.45. The zero-order valence-corrected chi connectivity index (χ0v) is 18.5. The number of hydrogen-bond acceptors (Lipinski definition) is 4. The number of nitrogens with one attached hydrogen (secondary N) is 2. The van der Waals surface area contributed by atoms with E-state index < -0.39 is 0 Å². The fourth-order valence-corrected chi connectivity index (χ4v) is 3.64. The van der Waals surface area contributed by atoms with Crippen molar-refractivity contribution in [3.05, 3.63) is 46.2 Å². The minimum atomic E-state index is -0.172. The van der Waals surface area contributed by atoms with Crippen LogP contribution >= 0.6 is 47.1 Å². The fourth-order valence-electron chi connectivity index (χ4n) is 1.94. The van der Waals surface area contributed by atoms with E-state index in [0.717, 1.165) is 22.4 Å². The summed E-state index contributed by atoms with van der Waals surface area (Å²) in [6.45, 7) is 5.63. The third-order valence-electron chi connectivity index (χ3n) is 3.28. The zero-order valence-electron chi connectivity index (χ0n) is 14.6. The number of benzene rings is 1. The second-order valence-corrected chi connectivity index (χ2v) is 7.53. The molecular weight excluding hydrogens is 470 g/mol. The summed E-state index contributed by atoms with van der Waals surface area (Å²) in [5.41, 5.74) is 1.13. The normalized spacial score (nSPS) is 11.3. The van der Waals surface area contributed by atoms with Crippen LogP contribution in [0.15, 0.2) is 39.5 Å². The molecular formula is C17H24FIN4S2. The van der Waals surface area contributed by atoms with Gasteiger partial charge in [-0.25, -0.2) is 9.37 Å². The number of aliphatic imine (C=N–C) groups is 1. The van der Waals surface area contributed by atoms with E-state index in [0.29, 0.717) is 23.9 Å². The van der Waals surface area contributed by atoms with Gasteiger partial charge in [0.25, 0.3) is 0 Å². The lowest BCUT2D eigenvalue weighted by atomic mass is 10.2. The minimum Gasteiger partial charge on any atom is -0.356 e. The Bertz CT molecular complexity index is 676. The van der Waals surface area contributed by atoms with Crippen molar-refractivity contribution in [2.24, 2.45) is 4.99 Å². The topological polar surface area (TPSA) is 49.3 Å². The van der Waals surface area contributed by atoms with Crippen molar-refractivity contribution in [2.45, 2.75) is 31.2 Å². The van der Waals surface area contributed by atoms with Crippen molar-refractivity contribution in [1.82, 2.24) is 15.6 Å². The highest BCUT2D eigenvalue weighted by Crippen LogP contribution is 2.20. The minimum absolute atomic E-state index is 0. The Labute approximate surface area is 174 Å². The van der Waals surface area contributed by atoms with Crippen LogP contribution in [0.1, 0.15) is 30.5 Å². The molecule has 0 bridgehead atoms. The van der Waals surface area contributed by atoms with Gasteiger partial charge in [-0.3, -0.25) is 4.99 Å². The quantitative estimate of drug-likeness (QED) is 0.196. The number of aromatic nitrogens is 1. The Morgan fingerprint density at radius 3 is 2.72 bits per heavy atom. The number of thioether (sulfide) groups is 1. The summed E-state index contributed by atoms with van der Waals surface area (Å²) >= 11 is 3.15. The monoisotopic (exact) mass is 494 g/mol. The van der Waals surface area contributed by atoms with Crippen LogP contribution < -0.4 is 10.6 Å². The van der Waals surface area contributed by atoms with Crippen molar-refractivity contribution in [2.75, 3.05) is 19.3 Å². The Kier molecular flexibility index (Phi) is 10.4. The van der Waals surface area contributed by atoms with E-state index in [9.17, 15) is 4.39 Å². The van der Waals surface area contributed by atoms with Gasteiger partial charge >= 0.3 is 0 Å². The molecule has 0 aliphatic rings. The number of rotatable bonds is 7. The van der Waals surface area contributed by atoms with Gasteiger partial charge in [0.1, 0.15) is 10.8 Å². The summed E-state index contributed by atoms with van der Waals surface area (Å²) < 4.78 is 13.5. The molecule has 138 valence electrons. The molecule has 1 aromatic carbocycles. The van der Waals surface area contributed by atoms with Gasteiger partial charge in [0.15, 0.2) is 5.96 Å². The molecule has 0 amide bonds. The molecule has 0 fully saturated rings. The molecule has 0 atom stereocenters. The van der Waals surface area contributed by atoms with Crippen molar-refractivity contribution < 1.29 is 4.39 Å². The smallest absolute Gasteiger partial charge is 0.191 e. The van der Waals surface area contributed by atoms with Gasteiger partial charge in [0.05, 0.1) is 12.2 Å². The van der Waals surface area contributed by atoms with Crippen LogP contribution in [0.2, 0.25) is 0 Å². The molecule has 4 nitrogen and oxygen atoms in total. The molecule has 0 saturated heterocycles.